The third kappa shape index (κ3) is 2.96. The van der Waals surface area contributed by atoms with Crippen molar-refractivity contribution in [2.45, 2.75) is 13.5 Å². The molecule has 5 nitrogen and oxygen atoms in total. The molecule has 0 spiro atoms. The number of hydrogen-bond donors (Lipinski definition) is 3. The van der Waals surface area contributed by atoms with Gasteiger partial charge in [-0.2, -0.15) is 0 Å². The van der Waals surface area contributed by atoms with Crippen LogP contribution in [0.5, 0.6) is 0 Å². The average Bonchev–Trinajstić information content (AvgIpc) is 2.94. The molecule has 0 radical (unpaired) electrons. The van der Waals surface area contributed by atoms with Gasteiger partial charge in [-0.05, 0) is 43.3 Å². The average molecular weight is 357 g/mol. The van der Waals surface area contributed by atoms with Crippen molar-refractivity contribution in [2.75, 3.05) is 5.32 Å². The van der Waals surface area contributed by atoms with Crippen LogP contribution < -0.4 is 10.9 Å². The number of halogens is 2. The van der Waals surface area contributed by atoms with Gasteiger partial charge in [0.2, 0.25) is 0 Å². The fraction of sp³-hybridized carbons (Fsp3) is 0.111. The van der Waals surface area contributed by atoms with E-state index in [0.717, 1.165) is 10.9 Å². The van der Waals surface area contributed by atoms with Crippen molar-refractivity contribution in [1.82, 2.24) is 15.0 Å². The van der Waals surface area contributed by atoms with Crippen molar-refractivity contribution in [3.63, 3.8) is 0 Å². The third-order valence-electron chi connectivity index (χ3n) is 4.02. The lowest BCUT2D eigenvalue weighted by atomic mass is 10.1. The van der Waals surface area contributed by atoms with Crippen molar-refractivity contribution in [3.8, 4) is 0 Å². The Bertz CT molecular complexity index is 1170. The number of aryl methyl sites for hydroxylation is 1. The molecule has 2 aromatic carbocycles. The molecule has 0 unspecified atom stereocenters. The van der Waals surface area contributed by atoms with E-state index in [1.165, 1.54) is 6.07 Å². The van der Waals surface area contributed by atoms with Gasteiger partial charge in [0.1, 0.15) is 11.3 Å². The van der Waals surface area contributed by atoms with Gasteiger partial charge in [-0.1, -0.05) is 11.6 Å². The minimum atomic E-state index is -0.413. The molecule has 0 saturated carbocycles. The van der Waals surface area contributed by atoms with Gasteiger partial charge in [0.15, 0.2) is 5.82 Å². The molecule has 0 aliphatic carbocycles. The monoisotopic (exact) mass is 356 g/mol. The second-order valence-corrected chi connectivity index (χ2v) is 6.32. The number of benzene rings is 2. The number of aromatic nitrogens is 3. The van der Waals surface area contributed by atoms with Crippen LogP contribution in [0.1, 0.15) is 11.4 Å². The summed E-state index contributed by atoms with van der Waals surface area (Å²) in [5, 5.41) is 4.52. The molecule has 0 amide bonds. The minimum Gasteiger partial charge on any atom is -0.381 e. The summed E-state index contributed by atoms with van der Waals surface area (Å²) in [7, 11) is 0. The van der Waals surface area contributed by atoms with Crippen molar-refractivity contribution >= 4 is 39.2 Å². The molecule has 2 aromatic heterocycles. The molecule has 0 fully saturated rings. The van der Waals surface area contributed by atoms with Gasteiger partial charge in [0.25, 0.3) is 5.56 Å². The molecule has 4 aromatic rings. The number of imidazole rings is 1. The predicted octanol–water partition coefficient (Wildman–Crippen LogP) is 4.12. The normalized spacial score (nSPS) is 11.3. The summed E-state index contributed by atoms with van der Waals surface area (Å²) in [6.45, 7) is 2.03. The first-order chi connectivity index (χ1) is 12.0. The molecule has 126 valence electrons. The first-order valence-electron chi connectivity index (χ1n) is 7.71. The number of rotatable bonds is 3. The van der Waals surface area contributed by atoms with E-state index < -0.39 is 5.82 Å². The quantitative estimate of drug-likeness (QED) is 0.517. The summed E-state index contributed by atoms with van der Waals surface area (Å²) in [4.78, 5) is 22.1. The van der Waals surface area contributed by atoms with Gasteiger partial charge in [-0.25, -0.2) is 9.37 Å². The van der Waals surface area contributed by atoms with E-state index >= 15 is 0 Å². The van der Waals surface area contributed by atoms with Gasteiger partial charge < -0.3 is 15.3 Å². The molecule has 0 bridgehead atoms. The van der Waals surface area contributed by atoms with Crippen LogP contribution in [0, 0.1) is 12.7 Å². The number of hydrogen-bond acceptors (Lipinski definition) is 3. The highest BCUT2D eigenvalue weighted by atomic mass is 35.5. The minimum absolute atomic E-state index is 0.193. The first-order valence-corrected chi connectivity index (χ1v) is 8.08. The van der Waals surface area contributed by atoms with Crippen LogP contribution in [-0.4, -0.2) is 15.0 Å². The Balaban J connectivity index is 1.65. The van der Waals surface area contributed by atoms with Crippen LogP contribution in [0.3, 0.4) is 0 Å². The fourth-order valence-corrected chi connectivity index (χ4v) is 3.03. The van der Waals surface area contributed by atoms with Gasteiger partial charge in [-0.15, -0.1) is 0 Å². The van der Waals surface area contributed by atoms with Crippen LogP contribution in [0.25, 0.3) is 21.9 Å². The summed E-state index contributed by atoms with van der Waals surface area (Å²) in [5.74, 6) is 0.234. The molecule has 0 saturated heterocycles. The van der Waals surface area contributed by atoms with E-state index in [1.807, 2.05) is 0 Å². The molecular formula is C18H14ClFN4O. The number of aromatic amines is 2. The molecule has 0 aliphatic rings. The highest BCUT2D eigenvalue weighted by Crippen LogP contribution is 2.22. The summed E-state index contributed by atoms with van der Waals surface area (Å²) < 4.78 is 14.1. The summed E-state index contributed by atoms with van der Waals surface area (Å²) in [5.41, 5.74) is 2.55. The Morgan fingerprint density at radius 3 is 2.84 bits per heavy atom. The lowest BCUT2D eigenvalue weighted by Gasteiger charge is -2.08. The van der Waals surface area contributed by atoms with Gasteiger partial charge in [0, 0.05) is 33.7 Å². The van der Waals surface area contributed by atoms with Crippen LogP contribution in [-0.2, 0) is 6.54 Å². The summed E-state index contributed by atoms with van der Waals surface area (Å²) in [6, 6.07) is 10.2. The number of anilines is 1. The highest BCUT2D eigenvalue weighted by molar-refractivity contribution is 6.31. The molecule has 2 heterocycles. The van der Waals surface area contributed by atoms with E-state index in [1.54, 1.807) is 37.3 Å². The molecule has 7 heteroatoms. The Morgan fingerprint density at radius 1 is 1.16 bits per heavy atom. The second kappa shape index (κ2) is 5.89. The van der Waals surface area contributed by atoms with Gasteiger partial charge in [-0.3, -0.25) is 4.79 Å². The lowest BCUT2D eigenvalue weighted by molar-refractivity contribution is 0.637. The summed E-state index contributed by atoms with van der Waals surface area (Å²) in [6.07, 6.45) is 0. The zero-order valence-electron chi connectivity index (χ0n) is 13.3. The third-order valence-corrected chi connectivity index (χ3v) is 4.26. The fourth-order valence-electron chi connectivity index (χ4n) is 2.85. The zero-order chi connectivity index (χ0) is 17.6. The van der Waals surface area contributed by atoms with Crippen LogP contribution in [0.2, 0.25) is 5.02 Å². The largest absolute Gasteiger partial charge is 0.381 e. The lowest BCUT2D eigenvalue weighted by Crippen LogP contribution is -2.15. The van der Waals surface area contributed by atoms with Crippen molar-refractivity contribution in [2.24, 2.45) is 0 Å². The highest BCUT2D eigenvalue weighted by Gasteiger charge is 2.09. The topological polar surface area (TPSA) is 73.6 Å². The maximum Gasteiger partial charge on any atom is 0.253 e. The molecule has 0 aliphatic heterocycles. The van der Waals surface area contributed by atoms with Crippen LogP contribution in [0.15, 0.2) is 41.2 Å². The Labute approximate surface area is 146 Å². The Kier molecular flexibility index (Phi) is 3.69. The molecular weight excluding hydrogens is 343 g/mol. The van der Waals surface area contributed by atoms with Crippen molar-refractivity contribution in [3.05, 3.63) is 69.0 Å². The SMILES string of the molecule is Cc1nc2c(F)cc(NCc3cc4cc(Cl)ccc4[nH]c3=O)cc2[nH]1. The number of pyridine rings is 1. The Morgan fingerprint density at radius 2 is 2.00 bits per heavy atom. The molecule has 0 atom stereocenters. The van der Waals surface area contributed by atoms with Crippen LogP contribution in [0.4, 0.5) is 10.1 Å². The van der Waals surface area contributed by atoms with E-state index in [4.69, 9.17) is 11.6 Å². The summed E-state index contributed by atoms with van der Waals surface area (Å²) >= 11 is 6.00. The number of fused-ring (bicyclic) bond motifs is 2. The number of nitrogens with one attached hydrogen (secondary N) is 3. The van der Waals surface area contributed by atoms with Gasteiger partial charge >= 0.3 is 0 Å². The number of nitrogens with zero attached hydrogens (tertiary/aromatic N) is 1. The van der Waals surface area contributed by atoms with Crippen molar-refractivity contribution < 1.29 is 4.39 Å². The molecule has 25 heavy (non-hydrogen) atoms. The molecule has 4 rings (SSSR count). The van der Waals surface area contributed by atoms with E-state index in [-0.39, 0.29) is 12.1 Å². The maximum atomic E-state index is 14.1. The predicted molar refractivity (Wildman–Crippen MR) is 97.7 cm³/mol. The second-order valence-electron chi connectivity index (χ2n) is 5.89. The Hall–Kier alpha value is -2.86. The van der Waals surface area contributed by atoms with E-state index in [9.17, 15) is 9.18 Å². The first kappa shape index (κ1) is 15.7. The van der Waals surface area contributed by atoms with E-state index in [0.29, 0.717) is 33.1 Å². The maximum absolute atomic E-state index is 14.1. The van der Waals surface area contributed by atoms with Crippen LogP contribution >= 0.6 is 11.6 Å². The zero-order valence-corrected chi connectivity index (χ0v) is 14.0. The van der Waals surface area contributed by atoms with Crippen molar-refractivity contribution in [1.29, 1.82) is 0 Å². The van der Waals surface area contributed by atoms with Gasteiger partial charge in [0.05, 0.1) is 5.52 Å². The van der Waals surface area contributed by atoms with E-state index in [2.05, 4.69) is 20.3 Å². The smallest absolute Gasteiger partial charge is 0.253 e. The number of H-pyrrole nitrogens is 2. The molecule has 3 N–H and O–H groups in total. The standard InChI is InChI=1S/C18H14ClFN4O/c1-9-22-16-7-13(6-14(20)17(16)23-9)21-8-11-4-10-5-12(19)2-3-15(10)24-18(11)25/h2-7,21H,8H2,1H3,(H,22,23)(H,24,25).